The quantitative estimate of drug-likeness (QED) is 0.693. The minimum Gasteiger partial charge on any atom is -0.497 e. The monoisotopic (exact) mass is 282 g/mol. The second-order valence-corrected chi connectivity index (χ2v) is 4.50. The van der Waals surface area contributed by atoms with E-state index in [4.69, 9.17) is 9.47 Å². The number of esters is 1. The van der Waals surface area contributed by atoms with Crippen LogP contribution in [0.1, 0.15) is 10.4 Å². The van der Waals surface area contributed by atoms with Crippen molar-refractivity contribution in [1.82, 2.24) is 9.38 Å². The number of hydrogen-bond donors (Lipinski definition) is 0. The maximum absolute atomic E-state index is 11.8. The summed E-state index contributed by atoms with van der Waals surface area (Å²) in [4.78, 5) is 16.3. The molecule has 1 aromatic carbocycles. The lowest BCUT2D eigenvalue weighted by molar-refractivity contribution is 0.0602. The first-order valence-electron chi connectivity index (χ1n) is 6.43. The van der Waals surface area contributed by atoms with Crippen molar-refractivity contribution < 1.29 is 14.3 Å². The first-order valence-corrected chi connectivity index (χ1v) is 6.43. The smallest absolute Gasteiger partial charge is 0.341 e. The van der Waals surface area contributed by atoms with Crippen LogP contribution in [0.3, 0.4) is 0 Å². The number of hydrogen-bond acceptors (Lipinski definition) is 4. The summed E-state index contributed by atoms with van der Waals surface area (Å²) in [6.45, 7) is 0. The van der Waals surface area contributed by atoms with Crippen LogP contribution in [-0.2, 0) is 4.74 Å². The average Bonchev–Trinajstić information content (AvgIpc) is 2.98. The van der Waals surface area contributed by atoms with E-state index in [0.29, 0.717) is 11.2 Å². The molecule has 5 heteroatoms. The van der Waals surface area contributed by atoms with Crippen molar-refractivity contribution in [3.63, 3.8) is 0 Å². The number of nitrogens with zero attached hydrogens (tertiary/aromatic N) is 2. The molecule has 2 aromatic heterocycles. The summed E-state index contributed by atoms with van der Waals surface area (Å²) in [5.41, 5.74) is 2.76. The normalized spacial score (nSPS) is 10.6. The van der Waals surface area contributed by atoms with Crippen LogP contribution in [0.25, 0.3) is 16.9 Å². The molecule has 0 aliphatic heterocycles. The fourth-order valence-corrected chi connectivity index (χ4v) is 2.18. The van der Waals surface area contributed by atoms with E-state index in [1.54, 1.807) is 19.2 Å². The molecular formula is C16H14N2O3. The Hall–Kier alpha value is -2.82. The molecule has 5 nitrogen and oxygen atoms in total. The van der Waals surface area contributed by atoms with Gasteiger partial charge in [-0.15, -0.1) is 0 Å². The molecule has 0 amide bonds. The Kier molecular flexibility index (Phi) is 3.31. The van der Waals surface area contributed by atoms with Gasteiger partial charge in [-0.05, 0) is 36.4 Å². The Balaban J connectivity index is 2.10. The number of carbonyl (C=O) groups is 1. The summed E-state index contributed by atoms with van der Waals surface area (Å²) in [6, 6.07) is 11.1. The Labute approximate surface area is 121 Å². The van der Waals surface area contributed by atoms with E-state index in [2.05, 4.69) is 4.98 Å². The standard InChI is InChI=1S/C16H14N2O3/c1-20-12-7-5-11(6-8-12)14-10-18-9-3-4-13(15(18)17-14)16(19)21-2/h3-10H,1-2H3. The molecule has 2 heterocycles. The molecule has 0 unspecified atom stereocenters. The number of carbonyl (C=O) groups excluding carboxylic acids is 1. The highest BCUT2D eigenvalue weighted by Gasteiger charge is 2.13. The van der Waals surface area contributed by atoms with Crippen molar-refractivity contribution in [1.29, 1.82) is 0 Å². The van der Waals surface area contributed by atoms with Crippen LogP contribution in [-0.4, -0.2) is 29.6 Å². The highest BCUT2D eigenvalue weighted by atomic mass is 16.5. The highest BCUT2D eigenvalue weighted by Crippen LogP contribution is 2.23. The molecule has 0 aliphatic rings. The summed E-state index contributed by atoms with van der Waals surface area (Å²) < 4.78 is 11.7. The van der Waals surface area contributed by atoms with Crippen molar-refractivity contribution in [3.05, 3.63) is 54.4 Å². The number of aromatic nitrogens is 2. The van der Waals surface area contributed by atoms with E-state index in [1.807, 2.05) is 41.1 Å². The molecule has 0 aliphatic carbocycles. The number of ether oxygens (including phenoxy) is 2. The lowest BCUT2D eigenvalue weighted by atomic mass is 10.2. The van der Waals surface area contributed by atoms with Gasteiger partial charge in [0, 0.05) is 18.0 Å². The van der Waals surface area contributed by atoms with Gasteiger partial charge in [0.25, 0.3) is 0 Å². The van der Waals surface area contributed by atoms with Crippen LogP contribution in [0.5, 0.6) is 5.75 Å². The summed E-state index contributed by atoms with van der Waals surface area (Å²) in [7, 11) is 2.99. The van der Waals surface area contributed by atoms with E-state index in [1.165, 1.54) is 7.11 Å². The predicted octanol–water partition coefficient (Wildman–Crippen LogP) is 2.80. The van der Waals surface area contributed by atoms with Crippen LogP contribution >= 0.6 is 0 Å². The first-order chi connectivity index (χ1) is 10.2. The molecule has 21 heavy (non-hydrogen) atoms. The van der Waals surface area contributed by atoms with Gasteiger partial charge in [0.2, 0.25) is 0 Å². The van der Waals surface area contributed by atoms with Crippen molar-refractivity contribution in [3.8, 4) is 17.0 Å². The minimum atomic E-state index is -0.396. The topological polar surface area (TPSA) is 52.8 Å². The Morgan fingerprint density at radius 1 is 1.14 bits per heavy atom. The SMILES string of the molecule is COC(=O)c1cccn2cc(-c3ccc(OC)cc3)nc12. The lowest BCUT2D eigenvalue weighted by Gasteiger charge is -2.00. The van der Waals surface area contributed by atoms with Crippen molar-refractivity contribution >= 4 is 11.6 Å². The fraction of sp³-hybridized carbons (Fsp3) is 0.125. The van der Waals surface area contributed by atoms with E-state index in [9.17, 15) is 4.79 Å². The minimum absolute atomic E-state index is 0.396. The van der Waals surface area contributed by atoms with Gasteiger partial charge in [0.15, 0.2) is 5.65 Å². The third kappa shape index (κ3) is 2.33. The van der Waals surface area contributed by atoms with E-state index < -0.39 is 5.97 Å². The summed E-state index contributed by atoms with van der Waals surface area (Å²) >= 11 is 0. The van der Waals surface area contributed by atoms with Crippen molar-refractivity contribution in [2.75, 3.05) is 14.2 Å². The molecule has 0 fully saturated rings. The molecule has 0 atom stereocenters. The zero-order valence-corrected chi connectivity index (χ0v) is 11.7. The van der Waals surface area contributed by atoms with Crippen LogP contribution in [0, 0.1) is 0 Å². The molecule has 3 rings (SSSR count). The van der Waals surface area contributed by atoms with Crippen LogP contribution in [0.4, 0.5) is 0 Å². The second kappa shape index (κ2) is 5.28. The molecule has 0 spiro atoms. The summed E-state index contributed by atoms with van der Waals surface area (Å²) in [6.07, 6.45) is 3.73. The number of methoxy groups -OCH3 is 2. The number of pyridine rings is 1. The molecule has 0 radical (unpaired) electrons. The fourth-order valence-electron chi connectivity index (χ4n) is 2.18. The number of benzene rings is 1. The van der Waals surface area contributed by atoms with Gasteiger partial charge in [-0.25, -0.2) is 9.78 Å². The van der Waals surface area contributed by atoms with Gasteiger partial charge in [-0.1, -0.05) is 0 Å². The molecule has 106 valence electrons. The molecule has 3 aromatic rings. The Morgan fingerprint density at radius 2 is 1.90 bits per heavy atom. The summed E-state index contributed by atoms with van der Waals surface area (Å²) in [5, 5.41) is 0. The Morgan fingerprint density at radius 3 is 2.57 bits per heavy atom. The maximum Gasteiger partial charge on any atom is 0.341 e. The van der Waals surface area contributed by atoms with Crippen molar-refractivity contribution in [2.24, 2.45) is 0 Å². The molecular weight excluding hydrogens is 268 g/mol. The summed E-state index contributed by atoms with van der Waals surface area (Å²) in [5.74, 6) is 0.394. The van der Waals surface area contributed by atoms with E-state index in [0.717, 1.165) is 17.0 Å². The largest absolute Gasteiger partial charge is 0.497 e. The highest BCUT2D eigenvalue weighted by molar-refractivity contribution is 5.96. The van der Waals surface area contributed by atoms with Gasteiger partial charge in [-0.2, -0.15) is 0 Å². The molecule has 0 saturated heterocycles. The van der Waals surface area contributed by atoms with Gasteiger partial charge in [-0.3, -0.25) is 0 Å². The van der Waals surface area contributed by atoms with Crippen LogP contribution < -0.4 is 4.74 Å². The third-order valence-electron chi connectivity index (χ3n) is 3.27. The zero-order chi connectivity index (χ0) is 14.8. The third-order valence-corrected chi connectivity index (χ3v) is 3.27. The predicted molar refractivity (Wildman–Crippen MR) is 78.5 cm³/mol. The average molecular weight is 282 g/mol. The van der Waals surface area contributed by atoms with Crippen molar-refractivity contribution in [2.45, 2.75) is 0 Å². The van der Waals surface area contributed by atoms with Crippen LogP contribution in [0.2, 0.25) is 0 Å². The second-order valence-electron chi connectivity index (χ2n) is 4.50. The number of imidazole rings is 1. The van der Waals surface area contributed by atoms with Crippen LogP contribution in [0.15, 0.2) is 48.8 Å². The number of fused-ring (bicyclic) bond motifs is 1. The molecule has 0 saturated carbocycles. The van der Waals surface area contributed by atoms with E-state index in [-0.39, 0.29) is 0 Å². The maximum atomic E-state index is 11.8. The zero-order valence-electron chi connectivity index (χ0n) is 11.7. The first kappa shape index (κ1) is 13.2. The van der Waals surface area contributed by atoms with E-state index >= 15 is 0 Å². The Bertz CT molecular complexity index is 791. The van der Waals surface area contributed by atoms with Gasteiger partial charge in [0.1, 0.15) is 11.3 Å². The van der Waals surface area contributed by atoms with Gasteiger partial charge in [0.05, 0.1) is 19.9 Å². The molecule has 0 N–H and O–H groups in total. The van der Waals surface area contributed by atoms with Gasteiger partial charge >= 0.3 is 5.97 Å². The lowest BCUT2D eigenvalue weighted by Crippen LogP contribution is -2.03. The van der Waals surface area contributed by atoms with Gasteiger partial charge < -0.3 is 13.9 Å². The molecule has 0 bridgehead atoms. The number of rotatable bonds is 3.